The first-order valence-electron chi connectivity index (χ1n) is 9.54. The molecule has 146 valence electrons. The Bertz CT molecular complexity index is 982. The van der Waals surface area contributed by atoms with Gasteiger partial charge in [0.1, 0.15) is 0 Å². The van der Waals surface area contributed by atoms with Gasteiger partial charge in [-0.2, -0.15) is 0 Å². The number of aromatic nitrogens is 3. The van der Waals surface area contributed by atoms with Crippen LogP contribution in [0.1, 0.15) is 19.7 Å². The fourth-order valence-corrected chi connectivity index (χ4v) is 5.66. The predicted molar refractivity (Wildman–Crippen MR) is 116 cm³/mol. The second-order valence-corrected chi connectivity index (χ2v) is 11.3. The maximum atomic E-state index is 6.07. The Morgan fingerprint density at radius 3 is 2.39 bits per heavy atom. The van der Waals surface area contributed by atoms with Crippen molar-refractivity contribution in [2.75, 3.05) is 43.9 Å². The number of benzene rings is 2. The quantitative estimate of drug-likeness (QED) is 0.621. The molecule has 7 heteroatoms. The molecule has 0 bridgehead atoms. The van der Waals surface area contributed by atoms with E-state index in [9.17, 15) is 0 Å². The summed E-state index contributed by atoms with van der Waals surface area (Å²) in [4.78, 5) is 18.3. The van der Waals surface area contributed by atoms with Gasteiger partial charge < -0.3 is 0 Å². The van der Waals surface area contributed by atoms with Crippen molar-refractivity contribution in [1.82, 2.24) is 19.9 Å². The molecule has 4 rings (SSSR count). The summed E-state index contributed by atoms with van der Waals surface area (Å²) in [6.45, 7) is 8.23. The first kappa shape index (κ1) is 19.1. The van der Waals surface area contributed by atoms with Gasteiger partial charge in [0.15, 0.2) is 0 Å². The number of piperazine rings is 1. The third-order valence-electron chi connectivity index (χ3n) is 5.06. The molecule has 0 atom stereocenters. The van der Waals surface area contributed by atoms with Crippen molar-refractivity contribution in [3.63, 3.8) is 0 Å². The van der Waals surface area contributed by atoms with E-state index < -0.39 is 0 Å². The molecule has 0 radical (unpaired) electrons. The molecule has 1 aromatic heterocycles. The zero-order valence-electron chi connectivity index (χ0n) is 16.6. The summed E-state index contributed by atoms with van der Waals surface area (Å²) in [5.41, 5.74) is 6.07. The molecular weight excluding hydrogens is 415 g/mol. The van der Waals surface area contributed by atoms with Crippen molar-refractivity contribution < 1.29 is 0 Å². The van der Waals surface area contributed by atoms with Gasteiger partial charge in [-0.1, -0.05) is 0 Å². The third-order valence-corrected chi connectivity index (χ3v) is 7.54. The second-order valence-electron chi connectivity index (χ2n) is 7.73. The maximum absolute atomic E-state index is 6.07. The molecule has 1 saturated heterocycles. The summed E-state index contributed by atoms with van der Waals surface area (Å²) >= 11 is 0.157. The van der Waals surface area contributed by atoms with Gasteiger partial charge in [-0.25, -0.2) is 0 Å². The minimum absolute atomic E-state index is 0.157. The Labute approximate surface area is 172 Å². The number of nitrogens with zero attached hydrogens (tertiary/aromatic N) is 5. The molecule has 1 aliphatic heterocycles. The van der Waals surface area contributed by atoms with E-state index in [0.717, 1.165) is 32.0 Å². The van der Waals surface area contributed by atoms with Crippen LogP contribution in [0.2, 0.25) is 0 Å². The Kier molecular flexibility index (Phi) is 5.23. The van der Waals surface area contributed by atoms with Gasteiger partial charge in [0.2, 0.25) is 0 Å². The average Bonchev–Trinajstić information content (AvgIpc) is 2.68. The normalized spacial score (nSPS) is 15.9. The molecule has 1 aliphatic rings. The molecule has 2 heterocycles. The van der Waals surface area contributed by atoms with Crippen LogP contribution in [0.25, 0.3) is 10.8 Å². The van der Waals surface area contributed by atoms with Gasteiger partial charge in [-0.3, -0.25) is 0 Å². The van der Waals surface area contributed by atoms with Crippen molar-refractivity contribution in [3.05, 3.63) is 48.3 Å². The number of nitrogen functional groups attached to an aromatic ring is 1. The van der Waals surface area contributed by atoms with Gasteiger partial charge >= 0.3 is 172 Å². The van der Waals surface area contributed by atoms with E-state index in [2.05, 4.69) is 83.1 Å². The summed E-state index contributed by atoms with van der Waals surface area (Å²) in [6.07, 6.45) is 0. The third kappa shape index (κ3) is 4.12. The Morgan fingerprint density at radius 2 is 1.64 bits per heavy atom. The van der Waals surface area contributed by atoms with Gasteiger partial charge in [-0.05, 0) is 0 Å². The van der Waals surface area contributed by atoms with Crippen LogP contribution in [-0.2, 0) is 4.31 Å². The molecule has 3 aromatic rings. The van der Waals surface area contributed by atoms with Gasteiger partial charge in [0.25, 0.3) is 0 Å². The fourth-order valence-electron chi connectivity index (χ4n) is 3.37. The summed E-state index contributed by atoms with van der Waals surface area (Å²) in [5.74, 6) is 1.79. The van der Waals surface area contributed by atoms with E-state index in [-0.39, 0.29) is 19.3 Å². The van der Waals surface area contributed by atoms with E-state index in [0.29, 0.717) is 11.9 Å². The monoisotopic (exact) mass is 442 g/mol. The summed E-state index contributed by atoms with van der Waals surface area (Å²) in [6, 6.07) is 15.2. The topological polar surface area (TPSA) is 71.2 Å². The van der Waals surface area contributed by atoms with E-state index in [1.807, 2.05) is 0 Å². The van der Waals surface area contributed by atoms with Crippen LogP contribution in [0.5, 0.6) is 0 Å². The summed E-state index contributed by atoms with van der Waals surface area (Å²) < 4.78 is 1.14. The molecule has 0 aliphatic carbocycles. The molecule has 6 nitrogen and oxygen atoms in total. The summed E-state index contributed by atoms with van der Waals surface area (Å²) in [7, 11) is 2.14. The van der Waals surface area contributed by atoms with Crippen molar-refractivity contribution in [3.8, 4) is 0 Å². The van der Waals surface area contributed by atoms with Crippen LogP contribution >= 0.6 is 0 Å². The van der Waals surface area contributed by atoms with Gasteiger partial charge in [0.05, 0.1) is 0 Å². The standard InChI is InChI=1S/C21H26N6Se/c1-21(2,28-17-9-8-15-6-4-5-7-16(15)14-17)18-23-19(22)25-20(24-18)27-12-10-26(3)11-13-27/h4-9,14H,10-13H2,1-3H3,(H2,22,23,24,25). The van der Waals surface area contributed by atoms with E-state index in [4.69, 9.17) is 10.7 Å². The van der Waals surface area contributed by atoms with Crippen molar-refractivity contribution in [2.24, 2.45) is 0 Å². The molecule has 2 N–H and O–H groups in total. The molecule has 2 aromatic carbocycles. The van der Waals surface area contributed by atoms with E-state index >= 15 is 0 Å². The van der Waals surface area contributed by atoms with Crippen LogP contribution in [0.3, 0.4) is 0 Å². The van der Waals surface area contributed by atoms with Crippen molar-refractivity contribution in [2.45, 2.75) is 18.2 Å². The van der Waals surface area contributed by atoms with Gasteiger partial charge in [-0.15, -0.1) is 0 Å². The zero-order valence-corrected chi connectivity index (χ0v) is 18.3. The fraction of sp³-hybridized carbons (Fsp3) is 0.381. The number of fused-ring (bicyclic) bond motifs is 1. The molecule has 28 heavy (non-hydrogen) atoms. The molecule has 0 unspecified atom stereocenters. The number of hydrogen-bond donors (Lipinski definition) is 1. The van der Waals surface area contributed by atoms with E-state index in [1.165, 1.54) is 15.2 Å². The molecule has 0 spiro atoms. The van der Waals surface area contributed by atoms with Crippen LogP contribution in [0.15, 0.2) is 42.5 Å². The van der Waals surface area contributed by atoms with Crippen LogP contribution in [-0.4, -0.2) is 68.0 Å². The number of anilines is 2. The number of likely N-dealkylation sites (N-methyl/N-ethyl adjacent to an activating group) is 1. The zero-order chi connectivity index (χ0) is 19.7. The molecule has 0 amide bonds. The molecule has 1 fully saturated rings. The Morgan fingerprint density at radius 1 is 0.929 bits per heavy atom. The first-order chi connectivity index (χ1) is 13.4. The number of rotatable bonds is 4. The minimum atomic E-state index is -0.187. The summed E-state index contributed by atoms with van der Waals surface area (Å²) in [5, 5.41) is 2.53. The van der Waals surface area contributed by atoms with Crippen LogP contribution in [0, 0.1) is 0 Å². The molecular formula is C21H26N6Se. The Balaban J connectivity index is 1.60. The van der Waals surface area contributed by atoms with Crippen LogP contribution < -0.4 is 15.1 Å². The number of nitrogens with two attached hydrogens (primary N) is 1. The van der Waals surface area contributed by atoms with Crippen molar-refractivity contribution >= 4 is 42.1 Å². The predicted octanol–water partition coefficient (Wildman–Crippen LogP) is 1.62. The first-order valence-corrected chi connectivity index (χ1v) is 11.3. The SMILES string of the molecule is CN1CCN(c2nc(N)nc(C(C)(C)[Se]c3ccc4ccccc4c3)n2)CC1. The average molecular weight is 441 g/mol. The van der Waals surface area contributed by atoms with E-state index in [1.54, 1.807) is 0 Å². The second kappa shape index (κ2) is 7.66. The van der Waals surface area contributed by atoms with Gasteiger partial charge in [0, 0.05) is 0 Å². The number of hydrogen-bond acceptors (Lipinski definition) is 6. The van der Waals surface area contributed by atoms with Crippen molar-refractivity contribution in [1.29, 1.82) is 0 Å². The van der Waals surface area contributed by atoms with Crippen LogP contribution in [0.4, 0.5) is 11.9 Å². The Hall–Kier alpha value is -2.21. The molecule has 0 saturated carbocycles.